The largest absolute Gasteiger partial charge is 0.370 e. The molecule has 6 heteroatoms. The molecular weight excluding hydrogens is 307 g/mol. The number of hydrogen-bond donors (Lipinski definition) is 0. The summed E-state index contributed by atoms with van der Waals surface area (Å²) in [4.78, 5) is 13.7. The van der Waals surface area contributed by atoms with Gasteiger partial charge in [-0.15, -0.1) is 0 Å². The molecule has 0 bridgehead atoms. The van der Waals surface area contributed by atoms with Gasteiger partial charge in [0.05, 0.1) is 13.2 Å². The summed E-state index contributed by atoms with van der Waals surface area (Å²) < 4.78 is 46.1. The summed E-state index contributed by atoms with van der Waals surface area (Å²) in [6, 6.07) is 9.05. The van der Waals surface area contributed by atoms with Gasteiger partial charge in [-0.25, -0.2) is 13.2 Å². The molecule has 1 heterocycles. The highest BCUT2D eigenvalue weighted by Gasteiger charge is 2.29. The monoisotopic (exact) mass is 321 g/mol. The summed E-state index contributed by atoms with van der Waals surface area (Å²) in [6.07, 6.45) is -0.455. The summed E-state index contributed by atoms with van der Waals surface area (Å²) in [7, 11) is 0. The number of nitrogens with zero attached hydrogens (tertiary/aromatic N) is 1. The molecule has 120 valence electrons. The Balaban J connectivity index is 1.81. The molecule has 1 fully saturated rings. The van der Waals surface area contributed by atoms with E-state index in [1.54, 1.807) is 12.1 Å². The van der Waals surface area contributed by atoms with Crippen molar-refractivity contribution in [1.29, 1.82) is 0 Å². The van der Waals surface area contributed by atoms with Crippen molar-refractivity contribution in [2.75, 3.05) is 19.7 Å². The van der Waals surface area contributed by atoms with Crippen LogP contribution in [0.1, 0.15) is 22.0 Å². The van der Waals surface area contributed by atoms with Crippen LogP contribution in [0.2, 0.25) is 0 Å². The van der Waals surface area contributed by atoms with Crippen LogP contribution in [0.3, 0.4) is 0 Å². The third-order valence-corrected chi connectivity index (χ3v) is 3.77. The van der Waals surface area contributed by atoms with Crippen LogP contribution >= 0.6 is 0 Å². The number of ether oxygens (including phenoxy) is 1. The zero-order valence-electron chi connectivity index (χ0n) is 12.1. The van der Waals surface area contributed by atoms with Crippen LogP contribution in [0.4, 0.5) is 13.2 Å². The van der Waals surface area contributed by atoms with Crippen LogP contribution in [0, 0.1) is 17.5 Å². The molecule has 23 heavy (non-hydrogen) atoms. The first-order valence-corrected chi connectivity index (χ1v) is 7.16. The zero-order chi connectivity index (χ0) is 16.4. The van der Waals surface area contributed by atoms with Gasteiger partial charge in [0.1, 0.15) is 29.1 Å². The first kappa shape index (κ1) is 15.6. The number of amides is 1. The van der Waals surface area contributed by atoms with E-state index in [2.05, 4.69) is 0 Å². The van der Waals surface area contributed by atoms with E-state index < -0.39 is 29.2 Å². The van der Waals surface area contributed by atoms with Crippen LogP contribution < -0.4 is 0 Å². The normalized spacial score (nSPS) is 18.0. The number of carbonyl (C=O) groups is 1. The smallest absolute Gasteiger partial charge is 0.260 e. The third kappa shape index (κ3) is 3.22. The Morgan fingerprint density at radius 1 is 1.04 bits per heavy atom. The highest BCUT2D eigenvalue weighted by molar-refractivity contribution is 5.94. The van der Waals surface area contributed by atoms with Gasteiger partial charge in [-0.1, -0.05) is 18.2 Å². The van der Waals surface area contributed by atoms with Crippen molar-refractivity contribution in [2.24, 2.45) is 0 Å². The van der Waals surface area contributed by atoms with Gasteiger partial charge < -0.3 is 9.64 Å². The predicted molar refractivity (Wildman–Crippen MR) is 77.4 cm³/mol. The third-order valence-electron chi connectivity index (χ3n) is 3.77. The van der Waals surface area contributed by atoms with Gasteiger partial charge >= 0.3 is 0 Å². The molecule has 0 radical (unpaired) electrons. The van der Waals surface area contributed by atoms with E-state index in [0.717, 1.165) is 12.1 Å². The first-order chi connectivity index (χ1) is 11.1. The molecule has 2 aromatic rings. The number of morpholine rings is 1. The van der Waals surface area contributed by atoms with Gasteiger partial charge in [0.2, 0.25) is 0 Å². The van der Waals surface area contributed by atoms with Crippen molar-refractivity contribution in [3.8, 4) is 0 Å². The number of halogens is 3. The van der Waals surface area contributed by atoms with Crippen LogP contribution in [0.15, 0.2) is 42.5 Å². The standard InChI is InChI=1S/C17H14F3NO2/c18-12-6-4-11(5-7-12)15-10-21(8-9-23-15)17(22)16-13(19)2-1-3-14(16)20/h1-7,15H,8-10H2/t15-/m0/s1. The molecule has 3 nitrogen and oxygen atoms in total. The summed E-state index contributed by atoms with van der Waals surface area (Å²) in [5, 5.41) is 0. The van der Waals surface area contributed by atoms with Gasteiger partial charge in [-0.2, -0.15) is 0 Å². The second-order valence-electron chi connectivity index (χ2n) is 5.26. The minimum absolute atomic E-state index is 0.151. The molecule has 1 aliphatic heterocycles. The minimum Gasteiger partial charge on any atom is -0.370 e. The molecular formula is C17H14F3NO2. The predicted octanol–water partition coefficient (Wildman–Crippen LogP) is 3.32. The lowest BCUT2D eigenvalue weighted by molar-refractivity contribution is -0.0231. The van der Waals surface area contributed by atoms with Gasteiger partial charge in [0.25, 0.3) is 5.91 Å². The van der Waals surface area contributed by atoms with Crippen LogP contribution in [-0.2, 0) is 4.74 Å². The van der Waals surface area contributed by atoms with E-state index in [4.69, 9.17) is 4.74 Å². The molecule has 1 amide bonds. The second-order valence-corrected chi connectivity index (χ2v) is 5.26. The molecule has 0 aliphatic carbocycles. The molecule has 0 aromatic heterocycles. The Labute approximate surface area is 131 Å². The maximum Gasteiger partial charge on any atom is 0.260 e. The molecule has 3 rings (SSSR count). The maximum atomic E-state index is 13.8. The lowest BCUT2D eigenvalue weighted by Crippen LogP contribution is -2.42. The summed E-state index contributed by atoms with van der Waals surface area (Å²) >= 11 is 0. The molecule has 0 N–H and O–H groups in total. The van der Waals surface area contributed by atoms with Gasteiger partial charge in [-0.3, -0.25) is 4.79 Å². The van der Waals surface area contributed by atoms with E-state index in [1.807, 2.05) is 0 Å². The molecule has 0 unspecified atom stereocenters. The molecule has 1 atom stereocenters. The quantitative estimate of drug-likeness (QED) is 0.849. The highest BCUT2D eigenvalue weighted by atomic mass is 19.1. The lowest BCUT2D eigenvalue weighted by atomic mass is 10.1. The SMILES string of the molecule is O=C(c1c(F)cccc1F)N1CCO[C@H](c2ccc(F)cc2)C1. The fourth-order valence-electron chi connectivity index (χ4n) is 2.57. The topological polar surface area (TPSA) is 29.5 Å². The maximum absolute atomic E-state index is 13.8. The summed E-state index contributed by atoms with van der Waals surface area (Å²) in [5.41, 5.74) is 0.144. The van der Waals surface area contributed by atoms with E-state index in [9.17, 15) is 18.0 Å². The molecule has 1 aliphatic rings. The Morgan fingerprint density at radius 3 is 2.35 bits per heavy atom. The molecule has 2 aromatic carbocycles. The van der Waals surface area contributed by atoms with Gasteiger partial charge in [0.15, 0.2) is 0 Å². The van der Waals surface area contributed by atoms with Crippen molar-refractivity contribution >= 4 is 5.91 Å². The van der Waals surface area contributed by atoms with E-state index in [0.29, 0.717) is 5.56 Å². The summed E-state index contributed by atoms with van der Waals surface area (Å²) in [5.74, 6) is -2.86. The average molecular weight is 321 g/mol. The number of rotatable bonds is 2. The van der Waals surface area contributed by atoms with Crippen LogP contribution in [-0.4, -0.2) is 30.5 Å². The average Bonchev–Trinajstić information content (AvgIpc) is 2.55. The zero-order valence-corrected chi connectivity index (χ0v) is 12.1. The van der Waals surface area contributed by atoms with Crippen LogP contribution in [0.5, 0.6) is 0 Å². The lowest BCUT2D eigenvalue weighted by Gasteiger charge is -2.33. The van der Waals surface area contributed by atoms with Gasteiger partial charge in [0, 0.05) is 6.54 Å². The molecule has 0 saturated carbocycles. The number of carbonyl (C=O) groups excluding carboxylic acids is 1. The van der Waals surface area contributed by atoms with Crippen molar-refractivity contribution in [3.05, 3.63) is 71.0 Å². The summed E-state index contributed by atoms with van der Waals surface area (Å²) in [6.45, 7) is 0.631. The Morgan fingerprint density at radius 2 is 1.70 bits per heavy atom. The highest BCUT2D eigenvalue weighted by Crippen LogP contribution is 2.24. The fraction of sp³-hybridized carbons (Fsp3) is 0.235. The molecule has 0 spiro atoms. The van der Waals surface area contributed by atoms with Crippen molar-refractivity contribution < 1.29 is 22.7 Å². The Bertz CT molecular complexity index is 698. The van der Waals surface area contributed by atoms with Crippen molar-refractivity contribution in [3.63, 3.8) is 0 Å². The fourth-order valence-corrected chi connectivity index (χ4v) is 2.57. The van der Waals surface area contributed by atoms with Gasteiger partial charge in [-0.05, 0) is 29.8 Å². The Hall–Kier alpha value is -2.34. The Kier molecular flexibility index (Phi) is 4.34. The van der Waals surface area contributed by atoms with E-state index in [-0.39, 0.29) is 25.5 Å². The van der Waals surface area contributed by atoms with Crippen molar-refractivity contribution in [2.45, 2.75) is 6.10 Å². The number of hydrogen-bond acceptors (Lipinski definition) is 2. The van der Waals surface area contributed by atoms with Crippen LogP contribution in [0.25, 0.3) is 0 Å². The minimum atomic E-state index is -0.889. The van der Waals surface area contributed by atoms with E-state index >= 15 is 0 Å². The number of benzene rings is 2. The van der Waals surface area contributed by atoms with E-state index in [1.165, 1.54) is 23.1 Å². The molecule has 1 saturated heterocycles. The second kappa shape index (κ2) is 6.42. The van der Waals surface area contributed by atoms with Crippen molar-refractivity contribution in [1.82, 2.24) is 4.90 Å². The first-order valence-electron chi connectivity index (χ1n) is 7.16.